The average Bonchev–Trinajstić information content (AvgIpc) is 2.80. The molecule has 116 valence electrons. The Morgan fingerprint density at radius 1 is 1.43 bits per heavy atom. The normalized spacial score (nSPS) is 19.6. The zero-order valence-electron chi connectivity index (χ0n) is 12.8. The number of carbonyl (C=O) groups excluding carboxylic acids is 1. The molecule has 0 saturated carbocycles. The molecule has 0 aromatic carbocycles. The van der Waals surface area contributed by atoms with Crippen molar-refractivity contribution in [1.82, 2.24) is 14.7 Å². The molecule has 0 unspecified atom stereocenters. The van der Waals surface area contributed by atoms with Crippen molar-refractivity contribution >= 4 is 11.9 Å². The highest BCUT2D eigenvalue weighted by molar-refractivity contribution is 5.93. The minimum atomic E-state index is -1.05. The molecule has 7 nitrogen and oxygen atoms in total. The molecular weight excluding hydrogens is 274 g/mol. The van der Waals surface area contributed by atoms with Gasteiger partial charge in [0.2, 0.25) is 0 Å². The number of carbonyl (C=O) groups is 2. The van der Waals surface area contributed by atoms with E-state index in [1.807, 2.05) is 27.7 Å². The summed E-state index contributed by atoms with van der Waals surface area (Å²) in [4.78, 5) is 24.9. The first-order chi connectivity index (χ1) is 9.70. The lowest BCUT2D eigenvalue weighted by Crippen LogP contribution is -2.48. The predicted octanol–water partition coefficient (Wildman–Crippen LogP) is 0.872. The zero-order chi connectivity index (χ0) is 15.8. The van der Waals surface area contributed by atoms with Gasteiger partial charge in [-0.3, -0.25) is 9.48 Å². The summed E-state index contributed by atoms with van der Waals surface area (Å²) in [6.45, 7) is 8.58. The lowest BCUT2D eigenvalue weighted by Gasteiger charge is -2.30. The Balaban J connectivity index is 2.19. The Morgan fingerprint density at radius 3 is 2.62 bits per heavy atom. The maximum atomic E-state index is 12.5. The van der Waals surface area contributed by atoms with Crippen LogP contribution in [-0.4, -0.2) is 57.5 Å². The first kappa shape index (κ1) is 15.5. The van der Waals surface area contributed by atoms with Gasteiger partial charge in [0.15, 0.2) is 11.8 Å². The molecular formula is C14H21N3O4. The fourth-order valence-corrected chi connectivity index (χ4v) is 2.40. The molecule has 0 radical (unpaired) electrons. The van der Waals surface area contributed by atoms with Crippen molar-refractivity contribution < 1.29 is 19.4 Å². The van der Waals surface area contributed by atoms with E-state index in [0.29, 0.717) is 12.2 Å². The van der Waals surface area contributed by atoms with Crippen molar-refractivity contribution in [2.75, 3.05) is 19.7 Å². The number of aryl methyl sites for hydroxylation is 1. The molecule has 1 N–H and O–H groups in total. The van der Waals surface area contributed by atoms with E-state index in [1.165, 1.54) is 4.90 Å². The topological polar surface area (TPSA) is 84.7 Å². The van der Waals surface area contributed by atoms with Gasteiger partial charge in [-0.2, -0.15) is 5.10 Å². The molecule has 1 aliphatic rings. The number of hydrogen-bond acceptors (Lipinski definition) is 4. The molecule has 0 aliphatic carbocycles. The van der Waals surface area contributed by atoms with Gasteiger partial charge in [0.25, 0.3) is 5.91 Å². The minimum Gasteiger partial charge on any atom is -0.479 e. The van der Waals surface area contributed by atoms with E-state index in [1.54, 1.807) is 10.7 Å². The number of aliphatic carboxylic acids is 1. The summed E-state index contributed by atoms with van der Waals surface area (Å²) >= 11 is 0. The van der Waals surface area contributed by atoms with Crippen molar-refractivity contribution in [2.45, 2.75) is 39.3 Å². The van der Waals surface area contributed by atoms with Crippen LogP contribution in [0.25, 0.3) is 0 Å². The van der Waals surface area contributed by atoms with Crippen LogP contribution >= 0.6 is 0 Å². The third-order valence-corrected chi connectivity index (χ3v) is 3.37. The monoisotopic (exact) mass is 295 g/mol. The van der Waals surface area contributed by atoms with E-state index in [2.05, 4.69) is 5.10 Å². The second-order valence-corrected chi connectivity index (χ2v) is 6.20. The number of carboxylic acids is 1. The zero-order valence-corrected chi connectivity index (χ0v) is 12.8. The van der Waals surface area contributed by atoms with Crippen molar-refractivity contribution in [3.8, 4) is 0 Å². The summed E-state index contributed by atoms with van der Waals surface area (Å²) in [5.41, 5.74) is 1.03. The molecule has 2 heterocycles. The third kappa shape index (κ3) is 3.24. The second-order valence-electron chi connectivity index (χ2n) is 6.20. The highest BCUT2D eigenvalue weighted by Crippen LogP contribution is 2.18. The van der Waals surface area contributed by atoms with Gasteiger partial charge in [0.1, 0.15) is 0 Å². The number of rotatable bonds is 2. The van der Waals surface area contributed by atoms with Gasteiger partial charge in [0, 0.05) is 12.2 Å². The molecule has 1 aromatic heterocycles. The van der Waals surface area contributed by atoms with E-state index in [0.717, 1.165) is 5.69 Å². The molecule has 1 aromatic rings. The third-order valence-electron chi connectivity index (χ3n) is 3.37. The fraction of sp³-hybridized carbons (Fsp3) is 0.643. The summed E-state index contributed by atoms with van der Waals surface area (Å²) in [7, 11) is 0. The van der Waals surface area contributed by atoms with E-state index in [4.69, 9.17) is 9.84 Å². The maximum absolute atomic E-state index is 12.5. The van der Waals surface area contributed by atoms with Crippen molar-refractivity contribution in [1.29, 1.82) is 0 Å². The maximum Gasteiger partial charge on any atom is 0.334 e. The summed E-state index contributed by atoms with van der Waals surface area (Å²) < 4.78 is 6.92. The van der Waals surface area contributed by atoms with Crippen LogP contribution in [0.2, 0.25) is 0 Å². The number of morpholine rings is 1. The van der Waals surface area contributed by atoms with E-state index in [-0.39, 0.29) is 24.6 Å². The Labute approximate surface area is 123 Å². The predicted molar refractivity (Wildman–Crippen MR) is 75.2 cm³/mol. The van der Waals surface area contributed by atoms with Crippen LogP contribution in [0.4, 0.5) is 0 Å². The number of ether oxygens (including phenoxy) is 1. The van der Waals surface area contributed by atoms with Crippen LogP contribution in [0.1, 0.15) is 37.0 Å². The molecule has 0 spiro atoms. The molecule has 1 aliphatic heterocycles. The van der Waals surface area contributed by atoms with Crippen molar-refractivity contribution in [3.63, 3.8) is 0 Å². The van der Waals surface area contributed by atoms with E-state index >= 15 is 0 Å². The number of carboxylic acid groups (broad SMARTS) is 1. The highest BCUT2D eigenvalue weighted by atomic mass is 16.5. The van der Waals surface area contributed by atoms with Crippen molar-refractivity contribution in [3.05, 3.63) is 17.5 Å². The second kappa shape index (κ2) is 5.48. The van der Waals surface area contributed by atoms with E-state index in [9.17, 15) is 9.59 Å². The summed E-state index contributed by atoms with van der Waals surface area (Å²) in [6, 6.07) is 1.73. The van der Waals surface area contributed by atoms with Crippen LogP contribution in [0.3, 0.4) is 0 Å². The smallest absolute Gasteiger partial charge is 0.334 e. The highest BCUT2D eigenvalue weighted by Gasteiger charge is 2.31. The standard InChI is InChI=1S/C14H21N3O4/c1-9-7-10(15-17(9)14(2,3)4)12(18)16-5-6-21-11(8-16)13(19)20/h7,11H,5-6,8H2,1-4H3,(H,19,20)/t11-/m1/s1. The molecule has 2 rings (SSSR count). The van der Waals surface area contributed by atoms with Gasteiger partial charge in [-0.25, -0.2) is 4.79 Å². The molecule has 1 saturated heterocycles. The van der Waals surface area contributed by atoms with Crippen molar-refractivity contribution in [2.24, 2.45) is 0 Å². The lowest BCUT2D eigenvalue weighted by molar-refractivity contribution is -0.154. The lowest BCUT2D eigenvalue weighted by atomic mass is 10.1. The van der Waals surface area contributed by atoms with Gasteiger partial charge in [-0.15, -0.1) is 0 Å². The SMILES string of the molecule is Cc1cc(C(=O)N2CCO[C@@H](C(=O)O)C2)nn1C(C)(C)C. The average molecular weight is 295 g/mol. The molecule has 7 heteroatoms. The number of nitrogens with zero attached hydrogens (tertiary/aromatic N) is 3. The first-order valence-electron chi connectivity index (χ1n) is 6.91. The molecule has 1 atom stereocenters. The van der Waals surface area contributed by atoms with Crippen LogP contribution in [-0.2, 0) is 15.1 Å². The number of amides is 1. The fourth-order valence-electron chi connectivity index (χ4n) is 2.40. The first-order valence-corrected chi connectivity index (χ1v) is 6.91. The molecule has 1 fully saturated rings. The van der Waals surface area contributed by atoms with Crippen LogP contribution in [0.5, 0.6) is 0 Å². The van der Waals surface area contributed by atoms with Gasteiger partial charge in [-0.05, 0) is 33.8 Å². The van der Waals surface area contributed by atoms with Crippen LogP contribution < -0.4 is 0 Å². The molecule has 1 amide bonds. The summed E-state index contributed by atoms with van der Waals surface area (Å²) in [5, 5.41) is 13.3. The summed E-state index contributed by atoms with van der Waals surface area (Å²) in [6.07, 6.45) is -0.964. The molecule has 0 bridgehead atoms. The molecule has 21 heavy (non-hydrogen) atoms. The minimum absolute atomic E-state index is 0.0512. The largest absolute Gasteiger partial charge is 0.479 e. The summed E-state index contributed by atoms with van der Waals surface area (Å²) in [5.74, 6) is -1.31. The van der Waals surface area contributed by atoms with Gasteiger partial charge < -0.3 is 14.7 Å². The number of aromatic nitrogens is 2. The number of hydrogen-bond donors (Lipinski definition) is 1. The Morgan fingerprint density at radius 2 is 2.10 bits per heavy atom. The quantitative estimate of drug-likeness (QED) is 0.875. The van der Waals surface area contributed by atoms with Gasteiger partial charge >= 0.3 is 5.97 Å². The van der Waals surface area contributed by atoms with E-state index < -0.39 is 12.1 Å². The van der Waals surface area contributed by atoms with Gasteiger partial charge in [0.05, 0.1) is 18.7 Å². The van der Waals surface area contributed by atoms with Crippen LogP contribution in [0.15, 0.2) is 6.07 Å². The Bertz CT molecular complexity index is 559. The van der Waals surface area contributed by atoms with Crippen LogP contribution in [0, 0.1) is 6.92 Å². The Hall–Kier alpha value is -1.89. The van der Waals surface area contributed by atoms with Gasteiger partial charge in [-0.1, -0.05) is 0 Å². The Kier molecular flexibility index (Phi) is 4.04.